The lowest BCUT2D eigenvalue weighted by Gasteiger charge is -2.21. The van der Waals surface area contributed by atoms with E-state index in [9.17, 15) is 17.6 Å². The molecule has 19 heavy (non-hydrogen) atoms. The van der Waals surface area contributed by atoms with Crippen LogP contribution in [0.5, 0.6) is 0 Å². The third-order valence-electron chi connectivity index (χ3n) is 4.03. The van der Waals surface area contributed by atoms with E-state index in [1.165, 1.54) is 6.07 Å². The number of benzene rings is 1. The van der Waals surface area contributed by atoms with Crippen molar-refractivity contribution in [3.05, 3.63) is 35.1 Å². The lowest BCUT2D eigenvalue weighted by Crippen LogP contribution is -2.21. The number of rotatable bonds is 1. The molecule has 0 aliphatic carbocycles. The molecule has 0 aromatic heterocycles. The van der Waals surface area contributed by atoms with Crippen LogP contribution in [-0.2, 0) is 6.18 Å². The van der Waals surface area contributed by atoms with Crippen molar-refractivity contribution in [2.75, 3.05) is 0 Å². The molecule has 1 aromatic carbocycles. The second-order valence-electron chi connectivity index (χ2n) is 5.13. The Morgan fingerprint density at radius 1 is 1.16 bits per heavy atom. The molecule has 2 heterocycles. The minimum absolute atomic E-state index is 0. The number of fused-ring (bicyclic) bond motifs is 2. The van der Waals surface area contributed by atoms with Crippen molar-refractivity contribution < 1.29 is 17.6 Å². The van der Waals surface area contributed by atoms with E-state index in [-0.39, 0.29) is 18.3 Å². The van der Waals surface area contributed by atoms with Gasteiger partial charge in [-0.05, 0) is 37.0 Å². The van der Waals surface area contributed by atoms with Crippen LogP contribution in [0.15, 0.2) is 18.2 Å². The van der Waals surface area contributed by atoms with Gasteiger partial charge in [0.2, 0.25) is 0 Å². The summed E-state index contributed by atoms with van der Waals surface area (Å²) < 4.78 is 50.9. The summed E-state index contributed by atoms with van der Waals surface area (Å²) in [7, 11) is 0. The molecule has 2 fully saturated rings. The average molecular weight is 296 g/mol. The number of alkyl halides is 3. The molecule has 1 nitrogen and oxygen atoms in total. The molecule has 0 radical (unpaired) electrons. The molecule has 2 unspecified atom stereocenters. The normalized spacial score (nSPS) is 29.4. The van der Waals surface area contributed by atoms with Crippen LogP contribution in [0.1, 0.15) is 36.3 Å². The van der Waals surface area contributed by atoms with E-state index in [2.05, 4.69) is 5.32 Å². The van der Waals surface area contributed by atoms with Crippen LogP contribution >= 0.6 is 12.4 Å². The highest BCUT2D eigenvalue weighted by Gasteiger charge is 2.40. The molecular formula is C13H14ClF4N. The van der Waals surface area contributed by atoms with Crippen molar-refractivity contribution >= 4 is 12.4 Å². The molecule has 3 atom stereocenters. The van der Waals surface area contributed by atoms with Gasteiger partial charge in [0.25, 0.3) is 0 Å². The van der Waals surface area contributed by atoms with E-state index >= 15 is 0 Å². The number of hydrogen-bond donors (Lipinski definition) is 1. The molecule has 2 bridgehead atoms. The maximum absolute atomic E-state index is 13.5. The van der Waals surface area contributed by atoms with Gasteiger partial charge >= 0.3 is 6.18 Å². The minimum Gasteiger partial charge on any atom is -0.311 e. The zero-order valence-corrected chi connectivity index (χ0v) is 10.8. The van der Waals surface area contributed by atoms with Gasteiger partial charge in [-0.3, -0.25) is 0 Å². The summed E-state index contributed by atoms with van der Waals surface area (Å²) in [6.45, 7) is 0. The maximum atomic E-state index is 13.5. The average Bonchev–Trinajstić information content (AvgIpc) is 2.88. The zero-order valence-electron chi connectivity index (χ0n) is 10.0. The van der Waals surface area contributed by atoms with Crippen molar-refractivity contribution in [2.45, 2.75) is 43.4 Å². The Morgan fingerprint density at radius 2 is 1.89 bits per heavy atom. The fourth-order valence-corrected chi connectivity index (χ4v) is 3.18. The van der Waals surface area contributed by atoms with Gasteiger partial charge in [-0.25, -0.2) is 4.39 Å². The zero-order chi connectivity index (χ0) is 12.9. The fraction of sp³-hybridized carbons (Fsp3) is 0.538. The molecule has 3 rings (SSSR count). The molecule has 0 saturated carbocycles. The van der Waals surface area contributed by atoms with Crippen molar-refractivity contribution in [2.24, 2.45) is 0 Å². The largest absolute Gasteiger partial charge is 0.419 e. The maximum Gasteiger partial charge on any atom is 0.419 e. The fourth-order valence-electron chi connectivity index (χ4n) is 3.18. The van der Waals surface area contributed by atoms with E-state index < -0.39 is 17.6 Å². The Morgan fingerprint density at radius 3 is 2.37 bits per heavy atom. The first-order chi connectivity index (χ1) is 8.45. The van der Waals surface area contributed by atoms with E-state index in [1.54, 1.807) is 0 Å². The third-order valence-corrected chi connectivity index (χ3v) is 4.03. The van der Waals surface area contributed by atoms with Crippen molar-refractivity contribution in [3.63, 3.8) is 0 Å². The lowest BCUT2D eigenvalue weighted by atomic mass is 9.83. The first kappa shape index (κ1) is 14.6. The quantitative estimate of drug-likeness (QED) is 0.776. The van der Waals surface area contributed by atoms with Crippen LogP contribution in [0.4, 0.5) is 17.6 Å². The monoisotopic (exact) mass is 295 g/mol. The van der Waals surface area contributed by atoms with Crippen LogP contribution < -0.4 is 5.32 Å². The number of nitrogens with one attached hydrogen (secondary N) is 1. The summed E-state index contributed by atoms with van der Waals surface area (Å²) >= 11 is 0. The summed E-state index contributed by atoms with van der Waals surface area (Å²) in [6.07, 6.45) is -1.58. The van der Waals surface area contributed by atoms with E-state index in [1.807, 2.05) is 0 Å². The second-order valence-corrected chi connectivity index (χ2v) is 5.13. The first-order valence-electron chi connectivity index (χ1n) is 6.08. The van der Waals surface area contributed by atoms with Crippen LogP contribution in [0.3, 0.4) is 0 Å². The predicted octanol–water partition coefficient (Wildman–Crippen LogP) is 3.87. The first-order valence-corrected chi connectivity index (χ1v) is 6.08. The van der Waals surface area contributed by atoms with Gasteiger partial charge in [0.15, 0.2) is 0 Å². The van der Waals surface area contributed by atoms with Crippen molar-refractivity contribution in [1.82, 2.24) is 5.32 Å². The molecule has 6 heteroatoms. The summed E-state index contributed by atoms with van der Waals surface area (Å²) in [6, 6.07) is 4.07. The van der Waals surface area contributed by atoms with Crippen LogP contribution in [0, 0.1) is 5.82 Å². The molecular weight excluding hydrogens is 282 g/mol. The number of halogens is 5. The van der Waals surface area contributed by atoms with E-state index in [0.29, 0.717) is 17.6 Å². The van der Waals surface area contributed by atoms with E-state index in [4.69, 9.17) is 0 Å². The van der Waals surface area contributed by atoms with Gasteiger partial charge in [-0.1, -0.05) is 6.07 Å². The third kappa shape index (κ3) is 2.58. The minimum atomic E-state index is -4.62. The molecule has 1 aromatic rings. The number of hydrogen-bond acceptors (Lipinski definition) is 1. The van der Waals surface area contributed by atoms with Gasteiger partial charge < -0.3 is 5.32 Å². The molecule has 0 amide bonds. The Kier molecular flexibility index (Phi) is 3.80. The Hall–Kier alpha value is -0.810. The van der Waals surface area contributed by atoms with Crippen LogP contribution in [0.2, 0.25) is 0 Å². The van der Waals surface area contributed by atoms with Gasteiger partial charge in [0.1, 0.15) is 5.82 Å². The summed E-state index contributed by atoms with van der Waals surface area (Å²) in [5.74, 6) is -1.01. The Bertz CT molecular complexity index is 474. The molecule has 106 valence electrons. The Labute approximate surface area is 114 Å². The molecule has 1 N–H and O–H groups in total. The van der Waals surface area contributed by atoms with Gasteiger partial charge in [0, 0.05) is 18.0 Å². The molecule has 2 saturated heterocycles. The summed E-state index contributed by atoms with van der Waals surface area (Å²) in [5.41, 5.74) is -0.498. The lowest BCUT2D eigenvalue weighted by molar-refractivity contribution is -0.140. The highest BCUT2D eigenvalue weighted by molar-refractivity contribution is 5.85. The summed E-state index contributed by atoms with van der Waals surface area (Å²) in [5, 5.41) is 3.40. The van der Waals surface area contributed by atoms with Gasteiger partial charge in [0.05, 0.1) is 5.56 Å². The van der Waals surface area contributed by atoms with Crippen molar-refractivity contribution in [3.8, 4) is 0 Å². The smallest absolute Gasteiger partial charge is 0.311 e. The van der Waals surface area contributed by atoms with Crippen LogP contribution in [0.25, 0.3) is 0 Å². The Balaban J connectivity index is 0.00000133. The van der Waals surface area contributed by atoms with E-state index in [0.717, 1.165) is 31.4 Å². The van der Waals surface area contributed by atoms with Crippen LogP contribution in [-0.4, -0.2) is 12.1 Å². The van der Waals surface area contributed by atoms with Gasteiger partial charge in [-0.2, -0.15) is 13.2 Å². The topological polar surface area (TPSA) is 12.0 Å². The highest BCUT2D eigenvalue weighted by Crippen LogP contribution is 2.41. The molecule has 2 aliphatic rings. The second kappa shape index (κ2) is 4.94. The predicted molar refractivity (Wildman–Crippen MR) is 66.0 cm³/mol. The van der Waals surface area contributed by atoms with Crippen molar-refractivity contribution in [1.29, 1.82) is 0 Å². The molecule has 2 aliphatic heterocycles. The summed E-state index contributed by atoms with van der Waals surface area (Å²) in [4.78, 5) is 0. The van der Waals surface area contributed by atoms with Gasteiger partial charge in [-0.15, -0.1) is 12.4 Å². The standard InChI is InChI=1S/C13H13F4N.ClH/c14-11-5-7(1-3-10(11)13(15,16)17)9-6-8-2-4-12(9)18-8;/h1,3,5,8-9,12,18H,2,4,6H2;1H/t8?,9-,12?;/m1./s1. The highest BCUT2D eigenvalue weighted by atomic mass is 35.5. The molecule has 0 spiro atoms. The SMILES string of the molecule is Cl.Fc1cc([C@H]2CC3CCC2N3)ccc1C(F)(F)F.